The van der Waals surface area contributed by atoms with Gasteiger partial charge in [-0.15, -0.1) is 4.47 Å². The van der Waals surface area contributed by atoms with E-state index in [-0.39, 0.29) is 40.3 Å². The molecule has 3 aromatic rings. The molecule has 1 aromatic carbocycles. The molecule has 1 amide bonds. The van der Waals surface area contributed by atoms with Gasteiger partial charge in [0.2, 0.25) is 5.95 Å². The molecule has 0 spiro atoms. The summed E-state index contributed by atoms with van der Waals surface area (Å²) in [6.45, 7) is 2.79. The van der Waals surface area contributed by atoms with Gasteiger partial charge < -0.3 is 20.3 Å². The van der Waals surface area contributed by atoms with E-state index in [9.17, 15) is 31.6 Å². The van der Waals surface area contributed by atoms with Crippen molar-refractivity contribution in [2.24, 2.45) is 0 Å². The molecule has 0 radical (unpaired) electrons. The highest BCUT2D eigenvalue weighted by Crippen LogP contribution is 2.34. The minimum absolute atomic E-state index is 0.0619. The Labute approximate surface area is 227 Å². The third-order valence-electron chi connectivity index (χ3n) is 5.90. The molecule has 1 atom stereocenters. The molecule has 0 unspecified atom stereocenters. The van der Waals surface area contributed by atoms with Crippen LogP contribution in [-0.2, 0) is 27.5 Å². The number of aromatic nitrogens is 3. The Morgan fingerprint density at radius 3 is 2.73 bits per heavy atom. The third-order valence-corrected chi connectivity index (χ3v) is 6.70. The number of carbonyl (C=O) groups excluding carboxylic acids is 1. The Balaban J connectivity index is 1.58. The molecular weight excluding hydrogens is 555 g/mol. The van der Waals surface area contributed by atoms with Gasteiger partial charge in [-0.1, -0.05) is 12.1 Å². The lowest BCUT2D eigenvalue weighted by Crippen LogP contribution is -2.47. The number of alkyl halides is 3. The maximum absolute atomic E-state index is 13.7. The second kappa shape index (κ2) is 11.6. The molecular formula is C24H26F3N7O5S. The van der Waals surface area contributed by atoms with Crippen LogP contribution in [0.4, 0.5) is 36.4 Å². The fraction of sp³-hybridized carbons (Fsp3) is 0.333. The standard InChI is InChI=1S/C24H26F3N7O5S/c1-15-14-39-10-9-33(15)22(35)16-5-3-7-18(11-16)31-23-30-13-19(24(25,26)27)20(32-23)29-12-17-6-4-8-28-21(17)34(36)40(2,37)38/h3-8,11,13,15,36H,9-10,12,14H2,1-2H3,(H2,29,30,31,32)/t15-/m0/s1. The summed E-state index contributed by atoms with van der Waals surface area (Å²) >= 11 is 0. The van der Waals surface area contributed by atoms with Gasteiger partial charge in [0.1, 0.15) is 11.4 Å². The molecule has 1 fully saturated rings. The first-order chi connectivity index (χ1) is 18.8. The molecule has 40 heavy (non-hydrogen) atoms. The van der Waals surface area contributed by atoms with E-state index in [1.165, 1.54) is 18.3 Å². The Kier molecular flexibility index (Phi) is 8.41. The van der Waals surface area contributed by atoms with E-state index in [4.69, 9.17) is 4.74 Å². The number of halogens is 3. The summed E-state index contributed by atoms with van der Waals surface area (Å²) < 4.78 is 69.9. The van der Waals surface area contributed by atoms with E-state index < -0.39 is 27.6 Å². The maximum Gasteiger partial charge on any atom is 0.421 e. The van der Waals surface area contributed by atoms with E-state index in [2.05, 4.69) is 25.6 Å². The molecule has 0 bridgehead atoms. The van der Waals surface area contributed by atoms with Gasteiger partial charge in [0.25, 0.3) is 15.9 Å². The number of pyridine rings is 1. The van der Waals surface area contributed by atoms with Crippen molar-refractivity contribution in [2.75, 3.05) is 41.1 Å². The third kappa shape index (κ3) is 6.75. The van der Waals surface area contributed by atoms with Crippen molar-refractivity contribution < 1.29 is 36.3 Å². The predicted molar refractivity (Wildman–Crippen MR) is 139 cm³/mol. The van der Waals surface area contributed by atoms with Gasteiger partial charge in [0.05, 0.1) is 25.5 Å². The quantitative estimate of drug-likeness (QED) is 0.338. The largest absolute Gasteiger partial charge is 0.421 e. The average Bonchev–Trinajstić information content (AvgIpc) is 2.90. The summed E-state index contributed by atoms with van der Waals surface area (Å²) in [6.07, 6.45) is -2.25. The van der Waals surface area contributed by atoms with Gasteiger partial charge in [-0.05, 0) is 31.2 Å². The van der Waals surface area contributed by atoms with Crippen LogP contribution in [0.5, 0.6) is 0 Å². The first-order valence-electron chi connectivity index (χ1n) is 11.9. The number of ether oxygens (including phenoxy) is 1. The van der Waals surface area contributed by atoms with Crippen LogP contribution in [0.3, 0.4) is 0 Å². The number of nitrogens with zero attached hydrogens (tertiary/aromatic N) is 5. The zero-order valence-corrected chi connectivity index (χ0v) is 22.2. The lowest BCUT2D eigenvalue weighted by Gasteiger charge is -2.33. The number of morpholine rings is 1. The predicted octanol–water partition coefficient (Wildman–Crippen LogP) is 3.26. The van der Waals surface area contributed by atoms with Crippen molar-refractivity contribution in [2.45, 2.75) is 25.7 Å². The van der Waals surface area contributed by atoms with Gasteiger partial charge in [-0.2, -0.15) is 18.2 Å². The second-order valence-corrected chi connectivity index (χ2v) is 10.7. The number of rotatable bonds is 8. The fourth-order valence-corrected chi connectivity index (χ4v) is 4.39. The van der Waals surface area contributed by atoms with Crippen LogP contribution in [0.25, 0.3) is 0 Å². The van der Waals surface area contributed by atoms with E-state index in [0.29, 0.717) is 37.2 Å². The van der Waals surface area contributed by atoms with Crippen LogP contribution in [0, 0.1) is 0 Å². The van der Waals surface area contributed by atoms with Crippen molar-refractivity contribution in [3.05, 3.63) is 65.5 Å². The molecule has 1 aliphatic heterocycles. The molecule has 12 nitrogen and oxygen atoms in total. The van der Waals surface area contributed by atoms with Gasteiger partial charge in [-0.3, -0.25) is 10.0 Å². The maximum atomic E-state index is 13.7. The zero-order valence-electron chi connectivity index (χ0n) is 21.4. The lowest BCUT2D eigenvalue weighted by atomic mass is 10.1. The smallest absolute Gasteiger partial charge is 0.377 e. The molecule has 214 valence electrons. The SMILES string of the molecule is C[C@H]1COCCN1C(=O)c1cccc(Nc2ncc(C(F)(F)F)c(NCc3cccnc3N(O)S(C)(=O)=O)n2)c1. The van der Waals surface area contributed by atoms with Crippen molar-refractivity contribution in [3.8, 4) is 0 Å². The Bertz CT molecular complexity index is 1490. The zero-order chi connectivity index (χ0) is 29.1. The van der Waals surface area contributed by atoms with Gasteiger partial charge in [0, 0.05) is 42.3 Å². The molecule has 1 saturated heterocycles. The number of carbonyl (C=O) groups is 1. The summed E-state index contributed by atoms with van der Waals surface area (Å²) in [5.74, 6) is -1.38. The Morgan fingerprint density at radius 2 is 2.02 bits per heavy atom. The number of sulfonamides is 1. The first-order valence-corrected chi connectivity index (χ1v) is 13.8. The van der Waals surface area contributed by atoms with E-state index in [1.54, 1.807) is 29.2 Å². The summed E-state index contributed by atoms with van der Waals surface area (Å²) in [5, 5.41) is 15.3. The van der Waals surface area contributed by atoms with E-state index >= 15 is 0 Å². The number of anilines is 4. The first kappa shape index (κ1) is 29.0. The minimum Gasteiger partial charge on any atom is -0.377 e. The molecule has 1 aliphatic rings. The van der Waals surface area contributed by atoms with Crippen LogP contribution in [0.2, 0.25) is 0 Å². The van der Waals surface area contributed by atoms with Gasteiger partial charge >= 0.3 is 6.18 Å². The summed E-state index contributed by atoms with van der Waals surface area (Å²) in [5.41, 5.74) is -0.346. The number of amides is 1. The van der Waals surface area contributed by atoms with Gasteiger partial charge in [-0.25, -0.2) is 18.4 Å². The lowest BCUT2D eigenvalue weighted by molar-refractivity contribution is -0.137. The summed E-state index contributed by atoms with van der Waals surface area (Å²) in [4.78, 5) is 26.2. The van der Waals surface area contributed by atoms with Crippen LogP contribution in [-0.4, -0.2) is 71.4 Å². The van der Waals surface area contributed by atoms with Gasteiger partial charge in [0.15, 0.2) is 5.82 Å². The van der Waals surface area contributed by atoms with Crippen molar-refractivity contribution in [3.63, 3.8) is 0 Å². The molecule has 0 saturated carbocycles. The minimum atomic E-state index is -4.81. The van der Waals surface area contributed by atoms with Crippen LogP contribution in [0.15, 0.2) is 48.8 Å². The fourth-order valence-electron chi connectivity index (χ4n) is 3.91. The number of benzene rings is 1. The molecule has 4 rings (SSSR count). The van der Waals surface area contributed by atoms with Crippen LogP contribution in [0.1, 0.15) is 28.4 Å². The highest BCUT2D eigenvalue weighted by Gasteiger charge is 2.35. The Hall–Kier alpha value is -4.02. The summed E-state index contributed by atoms with van der Waals surface area (Å²) in [6, 6.07) is 9.10. The number of hydrogen-bond donors (Lipinski definition) is 3. The second-order valence-electron chi connectivity index (χ2n) is 8.93. The van der Waals surface area contributed by atoms with Crippen LogP contribution >= 0.6 is 0 Å². The molecule has 16 heteroatoms. The molecule has 3 N–H and O–H groups in total. The van der Waals surface area contributed by atoms with E-state index in [0.717, 1.165) is 6.26 Å². The molecule has 0 aliphatic carbocycles. The van der Waals surface area contributed by atoms with Crippen molar-refractivity contribution in [1.29, 1.82) is 0 Å². The Morgan fingerprint density at radius 1 is 1.25 bits per heavy atom. The summed E-state index contributed by atoms with van der Waals surface area (Å²) in [7, 11) is -4.10. The normalized spacial score (nSPS) is 15.9. The molecule has 2 aromatic heterocycles. The highest BCUT2D eigenvalue weighted by molar-refractivity contribution is 7.91. The molecule has 3 heterocycles. The van der Waals surface area contributed by atoms with Crippen LogP contribution < -0.4 is 15.1 Å². The number of nitrogens with one attached hydrogen (secondary N) is 2. The highest BCUT2D eigenvalue weighted by atomic mass is 32.2. The van der Waals surface area contributed by atoms with Crippen molar-refractivity contribution >= 4 is 39.2 Å². The van der Waals surface area contributed by atoms with Crippen molar-refractivity contribution in [1.82, 2.24) is 19.9 Å². The topological polar surface area (TPSA) is 150 Å². The monoisotopic (exact) mass is 581 g/mol. The number of hydrogen-bond acceptors (Lipinski definition) is 10. The van der Waals surface area contributed by atoms with E-state index in [1.807, 2.05) is 6.92 Å². The average molecular weight is 582 g/mol.